The summed E-state index contributed by atoms with van der Waals surface area (Å²) in [6, 6.07) is 10.2. The maximum atomic E-state index is 13.9. The van der Waals surface area contributed by atoms with Crippen LogP contribution in [0.5, 0.6) is 0 Å². The van der Waals surface area contributed by atoms with E-state index in [0.29, 0.717) is 11.1 Å². The molecule has 0 saturated heterocycles. The molecule has 0 heterocycles. The maximum absolute atomic E-state index is 13.9. The van der Waals surface area contributed by atoms with E-state index in [1.54, 1.807) is 37.3 Å². The Bertz CT molecular complexity index is 577. The minimum Gasteiger partial charge on any atom is -0.324 e. The van der Waals surface area contributed by atoms with Crippen LogP contribution in [0, 0.1) is 18.6 Å². The monoisotopic (exact) mass is 247 g/mol. The molecule has 1 nitrogen and oxygen atoms in total. The Hall–Kier alpha value is -1.74. The highest BCUT2D eigenvalue weighted by Gasteiger charge is 2.13. The number of rotatable bonds is 2. The average molecular weight is 247 g/mol. The van der Waals surface area contributed by atoms with Crippen LogP contribution in [-0.4, -0.2) is 0 Å². The van der Waals surface area contributed by atoms with Gasteiger partial charge in [0.05, 0.1) is 0 Å². The van der Waals surface area contributed by atoms with Gasteiger partial charge in [-0.1, -0.05) is 30.3 Å². The number of benzene rings is 2. The van der Waals surface area contributed by atoms with Crippen molar-refractivity contribution in [2.75, 3.05) is 0 Å². The Morgan fingerprint density at radius 3 is 2.44 bits per heavy atom. The third-order valence-electron chi connectivity index (χ3n) is 3.00. The predicted octanol–water partition coefficient (Wildman–Crippen LogP) is 3.96. The second kappa shape index (κ2) is 4.86. The molecule has 0 aromatic heterocycles. The van der Waals surface area contributed by atoms with Gasteiger partial charge in [-0.15, -0.1) is 0 Å². The first-order valence-corrected chi connectivity index (χ1v) is 5.81. The maximum Gasteiger partial charge on any atom is 0.166 e. The van der Waals surface area contributed by atoms with Crippen molar-refractivity contribution in [1.29, 1.82) is 0 Å². The topological polar surface area (TPSA) is 26.0 Å². The predicted molar refractivity (Wildman–Crippen MR) is 69.1 cm³/mol. The van der Waals surface area contributed by atoms with Crippen molar-refractivity contribution in [3.8, 4) is 11.1 Å². The summed E-state index contributed by atoms with van der Waals surface area (Å²) in [6.07, 6.45) is 0. The van der Waals surface area contributed by atoms with E-state index in [1.807, 2.05) is 13.0 Å². The van der Waals surface area contributed by atoms with Crippen molar-refractivity contribution in [3.05, 3.63) is 59.2 Å². The van der Waals surface area contributed by atoms with Crippen LogP contribution in [0.3, 0.4) is 0 Å². The summed E-state index contributed by atoms with van der Waals surface area (Å²) >= 11 is 0. The highest BCUT2D eigenvalue weighted by molar-refractivity contribution is 5.65. The standard InChI is InChI=1S/C15H15F2N/c1-9-6-7-13(15(17)14(9)16)12-5-3-4-11(8-12)10(2)18/h3-8,10H,18H2,1-2H3. The van der Waals surface area contributed by atoms with E-state index in [2.05, 4.69) is 0 Å². The molecular formula is C15H15F2N. The lowest BCUT2D eigenvalue weighted by Gasteiger charge is -2.10. The first-order chi connectivity index (χ1) is 8.50. The van der Waals surface area contributed by atoms with Gasteiger partial charge in [0.1, 0.15) is 0 Å². The van der Waals surface area contributed by atoms with Crippen molar-refractivity contribution >= 4 is 0 Å². The van der Waals surface area contributed by atoms with E-state index in [-0.39, 0.29) is 11.6 Å². The van der Waals surface area contributed by atoms with Crippen LogP contribution in [0.15, 0.2) is 36.4 Å². The molecule has 0 aliphatic heterocycles. The number of halogens is 2. The van der Waals surface area contributed by atoms with Gasteiger partial charge >= 0.3 is 0 Å². The van der Waals surface area contributed by atoms with Crippen molar-refractivity contribution in [3.63, 3.8) is 0 Å². The molecular weight excluding hydrogens is 232 g/mol. The molecule has 94 valence electrons. The van der Waals surface area contributed by atoms with Crippen molar-refractivity contribution < 1.29 is 8.78 Å². The third kappa shape index (κ3) is 2.27. The molecule has 1 unspecified atom stereocenters. The molecule has 18 heavy (non-hydrogen) atoms. The van der Waals surface area contributed by atoms with E-state index < -0.39 is 11.6 Å². The van der Waals surface area contributed by atoms with Gasteiger partial charge in [0.2, 0.25) is 0 Å². The van der Waals surface area contributed by atoms with E-state index in [1.165, 1.54) is 0 Å². The van der Waals surface area contributed by atoms with Crippen molar-refractivity contribution in [2.45, 2.75) is 19.9 Å². The van der Waals surface area contributed by atoms with Crippen molar-refractivity contribution in [1.82, 2.24) is 0 Å². The fourth-order valence-electron chi connectivity index (χ4n) is 1.86. The fourth-order valence-corrected chi connectivity index (χ4v) is 1.86. The minimum atomic E-state index is -0.808. The molecule has 0 spiro atoms. The molecule has 0 aliphatic carbocycles. The Kier molecular flexibility index (Phi) is 3.43. The molecule has 2 aromatic carbocycles. The van der Waals surface area contributed by atoms with Gasteiger partial charge in [-0.2, -0.15) is 0 Å². The molecule has 0 bridgehead atoms. The third-order valence-corrected chi connectivity index (χ3v) is 3.00. The lowest BCUT2D eigenvalue weighted by atomic mass is 9.99. The summed E-state index contributed by atoms with van der Waals surface area (Å²) in [7, 11) is 0. The molecule has 3 heteroatoms. The SMILES string of the molecule is Cc1ccc(-c2cccc(C(C)N)c2)c(F)c1F. The zero-order valence-electron chi connectivity index (χ0n) is 10.4. The molecule has 2 N–H and O–H groups in total. The quantitative estimate of drug-likeness (QED) is 0.854. The highest BCUT2D eigenvalue weighted by Crippen LogP contribution is 2.27. The molecule has 0 aliphatic rings. The molecule has 0 fully saturated rings. The van der Waals surface area contributed by atoms with E-state index in [4.69, 9.17) is 5.73 Å². The molecule has 0 radical (unpaired) electrons. The van der Waals surface area contributed by atoms with E-state index >= 15 is 0 Å². The van der Waals surface area contributed by atoms with Crippen LogP contribution in [0.2, 0.25) is 0 Å². The van der Waals surface area contributed by atoms with Crippen LogP contribution in [0.25, 0.3) is 11.1 Å². The Balaban J connectivity index is 2.55. The summed E-state index contributed by atoms with van der Waals surface area (Å²) in [6.45, 7) is 3.39. The van der Waals surface area contributed by atoms with Gasteiger partial charge in [0.25, 0.3) is 0 Å². The van der Waals surface area contributed by atoms with Crippen LogP contribution in [0.4, 0.5) is 8.78 Å². The van der Waals surface area contributed by atoms with Gasteiger partial charge in [-0.25, -0.2) is 8.78 Å². The molecule has 0 saturated carbocycles. The summed E-state index contributed by atoms with van der Waals surface area (Å²) in [5, 5.41) is 0. The molecule has 2 rings (SSSR count). The fraction of sp³-hybridized carbons (Fsp3) is 0.200. The normalized spacial score (nSPS) is 12.5. The van der Waals surface area contributed by atoms with Crippen LogP contribution in [0.1, 0.15) is 24.1 Å². The number of hydrogen-bond acceptors (Lipinski definition) is 1. The van der Waals surface area contributed by atoms with Gasteiger partial charge in [-0.05, 0) is 36.6 Å². The summed E-state index contributed by atoms with van der Waals surface area (Å²) in [5.41, 5.74) is 7.89. The Morgan fingerprint density at radius 1 is 1.06 bits per heavy atom. The van der Waals surface area contributed by atoms with Crippen LogP contribution in [-0.2, 0) is 0 Å². The van der Waals surface area contributed by atoms with Gasteiger partial charge in [0, 0.05) is 11.6 Å². The first-order valence-electron chi connectivity index (χ1n) is 5.81. The Morgan fingerprint density at radius 2 is 1.78 bits per heavy atom. The van der Waals surface area contributed by atoms with Crippen LogP contribution < -0.4 is 5.73 Å². The zero-order valence-corrected chi connectivity index (χ0v) is 10.4. The second-order valence-electron chi connectivity index (χ2n) is 4.47. The molecule has 1 atom stereocenters. The summed E-state index contributed by atoms with van der Waals surface area (Å²) in [5.74, 6) is -1.60. The number of hydrogen-bond donors (Lipinski definition) is 1. The van der Waals surface area contributed by atoms with E-state index in [9.17, 15) is 8.78 Å². The highest BCUT2D eigenvalue weighted by atomic mass is 19.2. The molecule has 0 amide bonds. The van der Waals surface area contributed by atoms with Crippen molar-refractivity contribution in [2.24, 2.45) is 5.73 Å². The summed E-state index contributed by atoms with van der Waals surface area (Å²) in [4.78, 5) is 0. The lowest BCUT2D eigenvalue weighted by Crippen LogP contribution is -2.04. The smallest absolute Gasteiger partial charge is 0.166 e. The summed E-state index contributed by atoms with van der Waals surface area (Å²) < 4.78 is 27.4. The number of aryl methyl sites for hydroxylation is 1. The largest absolute Gasteiger partial charge is 0.324 e. The second-order valence-corrected chi connectivity index (χ2v) is 4.47. The average Bonchev–Trinajstić information content (AvgIpc) is 2.36. The number of nitrogens with two attached hydrogens (primary N) is 1. The zero-order chi connectivity index (χ0) is 13.3. The van der Waals surface area contributed by atoms with Crippen LogP contribution >= 0.6 is 0 Å². The minimum absolute atomic E-state index is 0.136. The van der Waals surface area contributed by atoms with Gasteiger partial charge in [0.15, 0.2) is 11.6 Å². The van der Waals surface area contributed by atoms with E-state index in [0.717, 1.165) is 5.56 Å². The van der Waals surface area contributed by atoms with Gasteiger partial charge in [-0.3, -0.25) is 0 Å². The lowest BCUT2D eigenvalue weighted by molar-refractivity contribution is 0.505. The molecule has 2 aromatic rings. The Labute approximate surface area is 105 Å². The van der Waals surface area contributed by atoms with Gasteiger partial charge < -0.3 is 5.73 Å². The first kappa shape index (κ1) is 12.7.